The van der Waals surface area contributed by atoms with Gasteiger partial charge in [0.15, 0.2) is 0 Å². The fourth-order valence-electron chi connectivity index (χ4n) is 1.35. The molecule has 0 bridgehead atoms. The number of pyridine rings is 1. The Hall–Kier alpha value is -2.27. The molecule has 1 heterocycles. The first-order chi connectivity index (χ1) is 8.56. The van der Waals surface area contributed by atoms with Crippen LogP contribution in [0.15, 0.2) is 36.4 Å². The molecule has 0 radical (unpaired) electrons. The molecule has 2 rings (SSSR count). The highest BCUT2D eigenvalue weighted by Gasteiger charge is 2.09. The van der Waals surface area contributed by atoms with E-state index in [2.05, 4.69) is 10.3 Å². The van der Waals surface area contributed by atoms with Crippen molar-refractivity contribution in [1.29, 1.82) is 0 Å². The van der Waals surface area contributed by atoms with Crippen molar-refractivity contribution in [2.75, 3.05) is 11.1 Å². The highest BCUT2D eigenvalue weighted by Crippen LogP contribution is 2.21. The molecule has 1 aromatic carbocycles. The van der Waals surface area contributed by atoms with Gasteiger partial charge >= 0.3 is 0 Å². The van der Waals surface area contributed by atoms with Crippen LogP contribution in [0.1, 0.15) is 10.4 Å². The van der Waals surface area contributed by atoms with Gasteiger partial charge < -0.3 is 16.2 Å². The van der Waals surface area contributed by atoms with Crippen LogP contribution >= 0.6 is 11.6 Å². The van der Waals surface area contributed by atoms with Crippen molar-refractivity contribution in [3.05, 3.63) is 47.1 Å². The van der Waals surface area contributed by atoms with Crippen molar-refractivity contribution in [3.8, 4) is 5.75 Å². The molecular formula is C12H10ClN3O2. The molecule has 92 valence electrons. The number of carbonyl (C=O) groups is 1. The average molecular weight is 264 g/mol. The summed E-state index contributed by atoms with van der Waals surface area (Å²) in [5.41, 5.74) is 5.95. The van der Waals surface area contributed by atoms with E-state index in [1.54, 1.807) is 18.2 Å². The van der Waals surface area contributed by atoms with E-state index in [9.17, 15) is 9.90 Å². The predicted molar refractivity (Wildman–Crippen MR) is 69.7 cm³/mol. The van der Waals surface area contributed by atoms with Crippen molar-refractivity contribution in [3.63, 3.8) is 0 Å². The van der Waals surface area contributed by atoms with E-state index in [-0.39, 0.29) is 22.2 Å². The zero-order chi connectivity index (χ0) is 13.1. The topological polar surface area (TPSA) is 88.2 Å². The number of amides is 1. The second-order valence-corrected chi connectivity index (χ2v) is 3.96. The Morgan fingerprint density at radius 2 is 2.11 bits per heavy atom. The Labute approximate surface area is 108 Å². The average Bonchev–Trinajstić information content (AvgIpc) is 2.32. The lowest BCUT2D eigenvalue weighted by atomic mass is 10.2. The van der Waals surface area contributed by atoms with E-state index in [1.165, 1.54) is 18.2 Å². The van der Waals surface area contributed by atoms with Crippen molar-refractivity contribution < 1.29 is 9.90 Å². The minimum atomic E-state index is -0.403. The molecule has 0 aliphatic heterocycles. The van der Waals surface area contributed by atoms with E-state index in [4.69, 9.17) is 17.3 Å². The number of phenolic OH excluding ortho intramolecular Hbond substituents is 1. The van der Waals surface area contributed by atoms with Gasteiger partial charge in [-0.15, -0.1) is 0 Å². The molecule has 18 heavy (non-hydrogen) atoms. The van der Waals surface area contributed by atoms with Gasteiger partial charge in [0, 0.05) is 5.56 Å². The van der Waals surface area contributed by atoms with Crippen LogP contribution < -0.4 is 11.1 Å². The second kappa shape index (κ2) is 4.93. The van der Waals surface area contributed by atoms with Gasteiger partial charge in [-0.25, -0.2) is 4.98 Å². The first-order valence-corrected chi connectivity index (χ1v) is 5.46. The Bertz CT molecular complexity index is 602. The lowest BCUT2D eigenvalue weighted by Crippen LogP contribution is -2.12. The lowest BCUT2D eigenvalue weighted by molar-refractivity contribution is 0.102. The summed E-state index contributed by atoms with van der Waals surface area (Å²) >= 11 is 5.70. The Kier molecular flexibility index (Phi) is 3.34. The van der Waals surface area contributed by atoms with Gasteiger partial charge in [-0.05, 0) is 30.3 Å². The van der Waals surface area contributed by atoms with Gasteiger partial charge in [-0.1, -0.05) is 17.7 Å². The van der Waals surface area contributed by atoms with Crippen LogP contribution in [0.2, 0.25) is 5.15 Å². The summed E-state index contributed by atoms with van der Waals surface area (Å²) in [5.74, 6) is -0.203. The third-order valence-electron chi connectivity index (χ3n) is 2.25. The number of aromatic hydroxyl groups is 1. The number of halogens is 1. The quantitative estimate of drug-likeness (QED) is 0.441. The van der Waals surface area contributed by atoms with Crippen molar-refractivity contribution >= 4 is 29.0 Å². The molecule has 2 aromatic rings. The van der Waals surface area contributed by atoms with E-state index in [1.807, 2.05) is 0 Å². The molecule has 0 aliphatic carbocycles. The summed E-state index contributed by atoms with van der Waals surface area (Å²) in [6.45, 7) is 0. The molecule has 1 aromatic heterocycles. The van der Waals surface area contributed by atoms with E-state index >= 15 is 0 Å². The van der Waals surface area contributed by atoms with Crippen LogP contribution in [0, 0.1) is 0 Å². The van der Waals surface area contributed by atoms with Gasteiger partial charge in [0.05, 0.1) is 5.69 Å². The van der Waals surface area contributed by atoms with E-state index < -0.39 is 5.91 Å². The summed E-state index contributed by atoms with van der Waals surface area (Å²) in [5, 5.41) is 12.3. The number of aromatic nitrogens is 1. The summed E-state index contributed by atoms with van der Waals surface area (Å²) in [4.78, 5) is 15.8. The minimum absolute atomic E-state index is 0.137. The molecule has 6 heteroatoms. The van der Waals surface area contributed by atoms with E-state index in [0.717, 1.165) is 0 Å². The van der Waals surface area contributed by atoms with Crippen LogP contribution in [0.25, 0.3) is 0 Å². The Balaban J connectivity index is 2.19. The Morgan fingerprint density at radius 1 is 1.33 bits per heavy atom. The predicted octanol–water partition coefficient (Wildman–Crippen LogP) is 2.28. The summed E-state index contributed by atoms with van der Waals surface area (Å²) < 4.78 is 0. The first kappa shape index (κ1) is 12.2. The molecule has 5 nitrogen and oxygen atoms in total. The number of nitrogens with one attached hydrogen (secondary N) is 1. The standard InChI is InChI=1S/C12H10ClN3O2/c13-10-2-1-3-11(15-10)16-12(18)7-4-5-8(14)9(17)6-7/h1-6,17H,14H2,(H,15,16,18). The van der Waals surface area contributed by atoms with Gasteiger partial charge in [-0.2, -0.15) is 0 Å². The monoisotopic (exact) mass is 263 g/mol. The zero-order valence-corrected chi connectivity index (χ0v) is 9.98. The SMILES string of the molecule is Nc1ccc(C(=O)Nc2cccc(Cl)n2)cc1O. The summed E-state index contributed by atoms with van der Waals surface area (Å²) in [7, 11) is 0. The number of benzene rings is 1. The molecule has 0 atom stereocenters. The molecule has 0 fully saturated rings. The summed E-state index contributed by atoms with van der Waals surface area (Å²) in [6.07, 6.45) is 0. The second-order valence-electron chi connectivity index (χ2n) is 3.57. The van der Waals surface area contributed by atoms with Gasteiger partial charge in [-0.3, -0.25) is 4.79 Å². The van der Waals surface area contributed by atoms with Gasteiger partial charge in [0.25, 0.3) is 5.91 Å². The maximum atomic E-state index is 11.8. The Morgan fingerprint density at radius 3 is 2.78 bits per heavy atom. The molecule has 0 aliphatic rings. The summed E-state index contributed by atoms with van der Waals surface area (Å²) in [6, 6.07) is 9.14. The van der Waals surface area contributed by atoms with Crippen molar-refractivity contribution in [2.45, 2.75) is 0 Å². The smallest absolute Gasteiger partial charge is 0.256 e. The van der Waals surface area contributed by atoms with Crippen LogP contribution in [0.3, 0.4) is 0 Å². The van der Waals surface area contributed by atoms with Crippen LogP contribution in [0.4, 0.5) is 11.5 Å². The van der Waals surface area contributed by atoms with Crippen molar-refractivity contribution in [1.82, 2.24) is 4.98 Å². The molecular weight excluding hydrogens is 254 g/mol. The number of nitrogens with two attached hydrogens (primary N) is 1. The first-order valence-electron chi connectivity index (χ1n) is 5.08. The third kappa shape index (κ3) is 2.70. The lowest BCUT2D eigenvalue weighted by Gasteiger charge is -2.06. The number of hydrogen-bond acceptors (Lipinski definition) is 4. The van der Waals surface area contributed by atoms with Crippen LogP contribution in [0.5, 0.6) is 5.75 Å². The number of nitrogen functional groups attached to an aromatic ring is 1. The zero-order valence-electron chi connectivity index (χ0n) is 9.22. The molecule has 0 saturated carbocycles. The van der Waals surface area contributed by atoms with E-state index in [0.29, 0.717) is 5.82 Å². The van der Waals surface area contributed by atoms with Crippen molar-refractivity contribution in [2.24, 2.45) is 0 Å². The molecule has 0 unspecified atom stereocenters. The van der Waals surface area contributed by atoms with Crippen LogP contribution in [-0.2, 0) is 0 Å². The fourth-order valence-corrected chi connectivity index (χ4v) is 1.52. The third-order valence-corrected chi connectivity index (χ3v) is 2.46. The number of phenols is 1. The number of carbonyl (C=O) groups excluding carboxylic acids is 1. The highest BCUT2D eigenvalue weighted by molar-refractivity contribution is 6.29. The van der Waals surface area contributed by atoms with Crippen LogP contribution in [-0.4, -0.2) is 16.0 Å². The minimum Gasteiger partial charge on any atom is -0.506 e. The largest absolute Gasteiger partial charge is 0.506 e. The molecule has 0 saturated heterocycles. The number of nitrogens with zero attached hydrogens (tertiary/aromatic N) is 1. The maximum absolute atomic E-state index is 11.8. The molecule has 1 amide bonds. The fraction of sp³-hybridized carbons (Fsp3) is 0. The number of hydrogen-bond donors (Lipinski definition) is 3. The molecule has 4 N–H and O–H groups in total. The highest BCUT2D eigenvalue weighted by atomic mass is 35.5. The molecule has 0 spiro atoms. The number of rotatable bonds is 2. The van der Waals surface area contributed by atoms with Gasteiger partial charge in [0.1, 0.15) is 16.7 Å². The van der Waals surface area contributed by atoms with Gasteiger partial charge in [0.2, 0.25) is 0 Å². The normalized spacial score (nSPS) is 10.1. The maximum Gasteiger partial charge on any atom is 0.256 e. The number of anilines is 2.